The first-order valence-corrected chi connectivity index (χ1v) is 8.37. The Balaban J connectivity index is 1.73. The fraction of sp³-hybridized carbons (Fsp3) is 0.263. The highest BCUT2D eigenvalue weighted by Crippen LogP contribution is 2.48. The van der Waals surface area contributed by atoms with Crippen LogP contribution in [0.5, 0.6) is 0 Å². The molecule has 6 heteroatoms. The molecule has 0 atom stereocenters. The second-order valence-electron chi connectivity index (χ2n) is 6.31. The van der Waals surface area contributed by atoms with E-state index in [1.165, 1.54) is 12.1 Å². The van der Waals surface area contributed by atoms with Gasteiger partial charge < -0.3 is 10.6 Å². The van der Waals surface area contributed by atoms with Crippen LogP contribution in [-0.2, 0) is 0 Å². The van der Waals surface area contributed by atoms with Crippen molar-refractivity contribution in [3.63, 3.8) is 0 Å². The van der Waals surface area contributed by atoms with Crippen LogP contribution in [0.25, 0.3) is 0 Å². The van der Waals surface area contributed by atoms with E-state index in [1.54, 1.807) is 12.1 Å². The predicted molar refractivity (Wildman–Crippen MR) is 96.2 cm³/mol. The zero-order valence-electron chi connectivity index (χ0n) is 13.5. The van der Waals surface area contributed by atoms with Gasteiger partial charge in [0.05, 0.1) is 22.3 Å². The summed E-state index contributed by atoms with van der Waals surface area (Å²) in [4.78, 5) is 12.6. The highest BCUT2D eigenvalue weighted by molar-refractivity contribution is 6.34. The minimum atomic E-state index is -0.461. The first-order chi connectivity index (χ1) is 12.0. The van der Waals surface area contributed by atoms with E-state index >= 15 is 0 Å². The van der Waals surface area contributed by atoms with Crippen molar-refractivity contribution in [3.05, 3.63) is 58.9 Å². The number of halogens is 2. The van der Waals surface area contributed by atoms with Crippen LogP contribution < -0.4 is 10.6 Å². The van der Waals surface area contributed by atoms with Crippen molar-refractivity contribution in [1.82, 2.24) is 0 Å². The zero-order valence-corrected chi connectivity index (χ0v) is 14.2. The summed E-state index contributed by atoms with van der Waals surface area (Å²) in [5.41, 5.74) is 1.54. The van der Waals surface area contributed by atoms with Gasteiger partial charge in [0.1, 0.15) is 5.82 Å². The lowest BCUT2D eigenvalue weighted by molar-refractivity contribution is 0.102. The molecular weight excluding hydrogens is 341 g/mol. The Bertz CT molecular complexity index is 843. The van der Waals surface area contributed by atoms with Crippen molar-refractivity contribution in [2.75, 3.05) is 17.2 Å². The van der Waals surface area contributed by atoms with Gasteiger partial charge in [-0.3, -0.25) is 4.79 Å². The van der Waals surface area contributed by atoms with Crippen LogP contribution in [0.3, 0.4) is 0 Å². The van der Waals surface area contributed by atoms with E-state index in [-0.39, 0.29) is 16.3 Å². The third kappa shape index (κ3) is 4.09. The number of para-hydroxylation sites is 1. The summed E-state index contributed by atoms with van der Waals surface area (Å²) < 4.78 is 13.1. The van der Waals surface area contributed by atoms with Gasteiger partial charge in [0.2, 0.25) is 0 Å². The van der Waals surface area contributed by atoms with E-state index < -0.39 is 5.82 Å². The van der Waals surface area contributed by atoms with E-state index in [0.717, 1.165) is 18.9 Å². The average Bonchev–Trinajstić information content (AvgIpc) is 3.36. The molecule has 2 aromatic rings. The molecule has 1 saturated carbocycles. The first-order valence-electron chi connectivity index (χ1n) is 7.99. The highest BCUT2D eigenvalue weighted by Gasteiger charge is 2.42. The number of carbonyl (C=O) groups excluding carboxylic acids is 1. The van der Waals surface area contributed by atoms with Crippen molar-refractivity contribution < 1.29 is 9.18 Å². The molecule has 1 fully saturated rings. The van der Waals surface area contributed by atoms with Gasteiger partial charge in [-0.25, -0.2) is 4.39 Å². The lowest BCUT2D eigenvalue weighted by atomic mass is 10.0. The number of nitriles is 1. The molecule has 1 amide bonds. The van der Waals surface area contributed by atoms with Crippen molar-refractivity contribution in [1.29, 1.82) is 5.26 Å². The highest BCUT2D eigenvalue weighted by atomic mass is 35.5. The number of hydrogen-bond donors (Lipinski definition) is 2. The van der Waals surface area contributed by atoms with Crippen LogP contribution >= 0.6 is 11.6 Å². The predicted octanol–water partition coefficient (Wildman–Crippen LogP) is 4.84. The summed E-state index contributed by atoms with van der Waals surface area (Å²) in [7, 11) is 0. The number of hydrogen-bond acceptors (Lipinski definition) is 3. The van der Waals surface area contributed by atoms with Crippen LogP contribution in [0, 0.1) is 22.6 Å². The molecule has 0 bridgehead atoms. The van der Waals surface area contributed by atoms with Crippen molar-refractivity contribution >= 4 is 28.9 Å². The number of nitrogens with one attached hydrogen (secondary N) is 2. The third-order valence-corrected chi connectivity index (χ3v) is 4.73. The van der Waals surface area contributed by atoms with Gasteiger partial charge in [-0.05, 0) is 43.2 Å². The molecule has 0 spiro atoms. The van der Waals surface area contributed by atoms with Crippen LogP contribution in [0.15, 0.2) is 42.5 Å². The molecule has 1 aliphatic rings. The van der Waals surface area contributed by atoms with E-state index in [1.807, 2.05) is 12.1 Å². The Morgan fingerprint density at radius 1 is 1.24 bits per heavy atom. The molecule has 0 aliphatic heterocycles. The van der Waals surface area contributed by atoms with Crippen molar-refractivity contribution in [3.8, 4) is 6.07 Å². The summed E-state index contributed by atoms with van der Waals surface area (Å²) in [6.45, 7) is 0.655. The maximum absolute atomic E-state index is 13.1. The van der Waals surface area contributed by atoms with Gasteiger partial charge in [-0.1, -0.05) is 23.7 Å². The normalized spacial score (nSPS) is 14.4. The largest absolute Gasteiger partial charge is 0.384 e. The molecule has 0 aromatic heterocycles. The maximum Gasteiger partial charge on any atom is 0.257 e. The SMILES string of the molecule is N#CCC1(CNc2ccccc2C(=O)Nc2ccc(F)cc2Cl)CC1. The van der Waals surface area contributed by atoms with Crippen molar-refractivity contribution in [2.45, 2.75) is 19.3 Å². The van der Waals surface area contributed by atoms with Gasteiger partial charge in [0.15, 0.2) is 0 Å². The Labute approximate surface area is 150 Å². The number of nitrogens with zero attached hydrogens (tertiary/aromatic N) is 1. The molecule has 1 aliphatic carbocycles. The smallest absolute Gasteiger partial charge is 0.257 e. The summed E-state index contributed by atoms with van der Waals surface area (Å²) in [5, 5.41) is 15.0. The molecule has 0 saturated heterocycles. The second kappa shape index (κ2) is 7.12. The van der Waals surface area contributed by atoms with Crippen molar-refractivity contribution in [2.24, 2.45) is 5.41 Å². The van der Waals surface area contributed by atoms with Crippen LogP contribution in [-0.4, -0.2) is 12.5 Å². The van der Waals surface area contributed by atoms with E-state index in [9.17, 15) is 9.18 Å². The van der Waals surface area contributed by atoms with Gasteiger partial charge in [0.25, 0.3) is 5.91 Å². The molecule has 0 heterocycles. The second-order valence-corrected chi connectivity index (χ2v) is 6.72. The fourth-order valence-corrected chi connectivity index (χ4v) is 2.87. The minimum Gasteiger partial charge on any atom is -0.384 e. The molecule has 2 N–H and O–H groups in total. The van der Waals surface area contributed by atoms with Gasteiger partial charge >= 0.3 is 0 Å². The molecule has 25 heavy (non-hydrogen) atoms. The lowest BCUT2D eigenvalue weighted by Crippen LogP contribution is -2.19. The van der Waals surface area contributed by atoms with Gasteiger partial charge in [0, 0.05) is 24.1 Å². The van der Waals surface area contributed by atoms with Gasteiger partial charge in [-0.15, -0.1) is 0 Å². The molecule has 0 unspecified atom stereocenters. The molecule has 128 valence electrons. The third-order valence-electron chi connectivity index (χ3n) is 4.42. The maximum atomic E-state index is 13.1. The fourth-order valence-electron chi connectivity index (χ4n) is 2.66. The molecule has 0 radical (unpaired) electrons. The Kier molecular flexibility index (Phi) is 4.91. The quantitative estimate of drug-likeness (QED) is 0.777. The number of benzene rings is 2. The Hall–Kier alpha value is -2.58. The molecule has 2 aromatic carbocycles. The monoisotopic (exact) mass is 357 g/mol. The first kappa shape index (κ1) is 17.2. The molecule has 4 nitrogen and oxygen atoms in total. The van der Waals surface area contributed by atoms with E-state index in [2.05, 4.69) is 16.7 Å². The summed E-state index contributed by atoms with van der Waals surface area (Å²) >= 11 is 5.96. The minimum absolute atomic E-state index is 0.0264. The topological polar surface area (TPSA) is 64.9 Å². The summed E-state index contributed by atoms with van der Waals surface area (Å²) in [5.74, 6) is -0.793. The zero-order chi connectivity index (χ0) is 17.9. The summed E-state index contributed by atoms with van der Waals surface area (Å²) in [6, 6.07) is 13.2. The van der Waals surface area contributed by atoms with Gasteiger partial charge in [-0.2, -0.15) is 5.26 Å². The molecule has 3 rings (SSSR count). The van der Waals surface area contributed by atoms with Crippen LogP contribution in [0.2, 0.25) is 5.02 Å². The number of amides is 1. The molecular formula is C19H17ClFN3O. The Morgan fingerprint density at radius 3 is 2.68 bits per heavy atom. The van der Waals surface area contributed by atoms with Crippen LogP contribution in [0.1, 0.15) is 29.6 Å². The number of rotatable bonds is 6. The summed E-state index contributed by atoms with van der Waals surface area (Å²) in [6.07, 6.45) is 2.56. The lowest BCUT2D eigenvalue weighted by Gasteiger charge is -2.16. The standard InChI is InChI=1S/C19H17ClFN3O/c20-15-11-13(21)5-6-17(15)24-18(25)14-3-1-2-4-16(14)23-12-19(7-8-19)9-10-22/h1-6,11,23H,7-9,12H2,(H,24,25). The van der Waals surface area contributed by atoms with E-state index in [0.29, 0.717) is 29.9 Å². The number of anilines is 2. The average molecular weight is 358 g/mol. The van der Waals surface area contributed by atoms with E-state index in [4.69, 9.17) is 16.9 Å². The Morgan fingerprint density at radius 2 is 2.00 bits per heavy atom. The number of carbonyl (C=O) groups is 1. The van der Waals surface area contributed by atoms with Crippen LogP contribution in [0.4, 0.5) is 15.8 Å².